The van der Waals surface area contributed by atoms with E-state index in [0.717, 1.165) is 46.3 Å². The smallest absolute Gasteiger partial charge is 0.227 e. The Morgan fingerprint density at radius 1 is 1.24 bits per heavy atom. The van der Waals surface area contributed by atoms with Crippen molar-refractivity contribution in [3.05, 3.63) is 63.0 Å². The van der Waals surface area contributed by atoms with E-state index < -0.39 is 0 Å². The molecule has 5 heteroatoms. The fourth-order valence-electron chi connectivity index (χ4n) is 3.22. The van der Waals surface area contributed by atoms with Crippen LogP contribution in [-0.4, -0.2) is 23.9 Å². The van der Waals surface area contributed by atoms with Crippen molar-refractivity contribution in [3.8, 4) is 0 Å². The van der Waals surface area contributed by atoms with Crippen LogP contribution in [0.1, 0.15) is 24.0 Å². The van der Waals surface area contributed by atoms with E-state index >= 15 is 0 Å². The van der Waals surface area contributed by atoms with Gasteiger partial charge in [0.05, 0.1) is 0 Å². The van der Waals surface area contributed by atoms with E-state index in [2.05, 4.69) is 38.9 Å². The number of benzene rings is 2. The monoisotopic (exact) mass is 452 g/mol. The van der Waals surface area contributed by atoms with Crippen molar-refractivity contribution in [1.82, 2.24) is 4.90 Å². The highest BCUT2D eigenvalue weighted by atomic mass is 127. The van der Waals surface area contributed by atoms with Gasteiger partial charge in [-0.3, -0.25) is 9.69 Å². The summed E-state index contributed by atoms with van der Waals surface area (Å²) in [5.41, 5.74) is 2.69. The van der Waals surface area contributed by atoms with Gasteiger partial charge in [0.25, 0.3) is 0 Å². The second-order valence-electron chi connectivity index (χ2n) is 6.59. The number of rotatable bonds is 4. The van der Waals surface area contributed by atoms with Crippen LogP contribution in [0.25, 0.3) is 0 Å². The van der Waals surface area contributed by atoms with Gasteiger partial charge in [0.15, 0.2) is 0 Å². The lowest BCUT2D eigenvalue weighted by Crippen LogP contribution is -2.38. The van der Waals surface area contributed by atoms with Crippen molar-refractivity contribution >= 4 is 34.2 Å². The molecule has 2 aromatic rings. The Balaban J connectivity index is 1.53. The van der Waals surface area contributed by atoms with E-state index in [4.69, 9.17) is 0 Å². The molecule has 132 valence electrons. The second kappa shape index (κ2) is 8.27. The number of hydrogen-bond donors (Lipinski definition) is 1. The van der Waals surface area contributed by atoms with Crippen LogP contribution in [-0.2, 0) is 11.3 Å². The number of amides is 1. The first-order chi connectivity index (χ1) is 12.0. The highest BCUT2D eigenvalue weighted by Crippen LogP contribution is 2.23. The van der Waals surface area contributed by atoms with E-state index in [0.29, 0.717) is 6.54 Å². The molecule has 3 rings (SSSR count). The number of carbonyl (C=O) groups is 1. The number of carbonyl (C=O) groups excluding carboxylic acids is 1. The number of anilines is 1. The summed E-state index contributed by atoms with van der Waals surface area (Å²) in [5.74, 6) is -0.0399. The molecule has 0 saturated carbocycles. The first kappa shape index (κ1) is 18.3. The molecule has 1 fully saturated rings. The molecule has 1 aliphatic rings. The molecule has 1 aliphatic heterocycles. The molecule has 25 heavy (non-hydrogen) atoms. The van der Waals surface area contributed by atoms with E-state index in [-0.39, 0.29) is 17.6 Å². The summed E-state index contributed by atoms with van der Waals surface area (Å²) in [4.78, 5) is 14.8. The Kier molecular flexibility index (Phi) is 6.06. The minimum absolute atomic E-state index is 0.0237. The summed E-state index contributed by atoms with van der Waals surface area (Å²) in [6.45, 7) is 4.25. The fourth-order valence-corrected chi connectivity index (χ4v) is 3.87. The van der Waals surface area contributed by atoms with Crippen LogP contribution >= 0.6 is 22.6 Å². The zero-order valence-electron chi connectivity index (χ0n) is 14.3. The number of halogens is 2. The third-order valence-electron chi connectivity index (χ3n) is 4.76. The van der Waals surface area contributed by atoms with Gasteiger partial charge in [0, 0.05) is 27.3 Å². The Morgan fingerprint density at radius 2 is 1.96 bits per heavy atom. The summed E-state index contributed by atoms with van der Waals surface area (Å²) in [6, 6.07) is 12.9. The molecular formula is C20H22FIN2O. The maximum Gasteiger partial charge on any atom is 0.227 e. The molecule has 3 nitrogen and oxygen atoms in total. The molecule has 2 aromatic carbocycles. The number of hydrogen-bond acceptors (Lipinski definition) is 2. The molecule has 0 radical (unpaired) electrons. The van der Waals surface area contributed by atoms with Crippen LogP contribution in [0, 0.1) is 22.2 Å². The van der Waals surface area contributed by atoms with Gasteiger partial charge < -0.3 is 5.32 Å². The summed E-state index contributed by atoms with van der Waals surface area (Å²) in [7, 11) is 0. The largest absolute Gasteiger partial charge is 0.326 e. The lowest BCUT2D eigenvalue weighted by Gasteiger charge is -2.31. The van der Waals surface area contributed by atoms with Crippen LogP contribution in [0.4, 0.5) is 10.1 Å². The Labute approximate surface area is 161 Å². The van der Waals surface area contributed by atoms with E-state index in [9.17, 15) is 9.18 Å². The average Bonchev–Trinajstić information content (AvgIpc) is 2.60. The molecule has 1 heterocycles. The van der Waals surface area contributed by atoms with Gasteiger partial charge in [-0.05, 0) is 85.3 Å². The Bertz CT molecular complexity index is 757. The number of likely N-dealkylation sites (tertiary alicyclic amines) is 1. The van der Waals surface area contributed by atoms with Crippen LogP contribution in [0.5, 0.6) is 0 Å². The predicted octanol–water partition coefficient (Wildman–Crippen LogP) is 4.59. The minimum Gasteiger partial charge on any atom is -0.326 e. The van der Waals surface area contributed by atoms with Crippen molar-refractivity contribution in [2.75, 3.05) is 18.4 Å². The van der Waals surface area contributed by atoms with Crippen LogP contribution in [0.15, 0.2) is 42.5 Å². The fraction of sp³-hybridized carbons (Fsp3) is 0.350. The molecule has 0 aromatic heterocycles. The average molecular weight is 452 g/mol. The number of piperidine rings is 1. The van der Waals surface area contributed by atoms with Crippen molar-refractivity contribution in [2.24, 2.45) is 5.92 Å². The van der Waals surface area contributed by atoms with Gasteiger partial charge in [-0.15, -0.1) is 0 Å². The summed E-state index contributed by atoms with van der Waals surface area (Å²) in [6.07, 6.45) is 1.62. The first-order valence-electron chi connectivity index (χ1n) is 8.55. The van der Waals surface area contributed by atoms with Gasteiger partial charge in [0.2, 0.25) is 5.91 Å². The zero-order valence-corrected chi connectivity index (χ0v) is 16.4. The summed E-state index contributed by atoms with van der Waals surface area (Å²) < 4.78 is 14.9. The molecule has 0 unspecified atom stereocenters. The van der Waals surface area contributed by atoms with Gasteiger partial charge in [-0.1, -0.05) is 18.2 Å². The number of nitrogens with zero attached hydrogens (tertiary/aromatic N) is 1. The van der Waals surface area contributed by atoms with Crippen molar-refractivity contribution in [1.29, 1.82) is 0 Å². The highest BCUT2D eigenvalue weighted by molar-refractivity contribution is 14.1. The highest BCUT2D eigenvalue weighted by Gasteiger charge is 2.25. The van der Waals surface area contributed by atoms with Crippen LogP contribution < -0.4 is 5.32 Å². The second-order valence-corrected chi connectivity index (χ2v) is 7.84. The summed E-state index contributed by atoms with van der Waals surface area (Å²) >= 11 is 2.27. The third-order valence-corrected chi connectivity index (χ3v) is 5.43. The molecule has 0 atom stereocenters. The minimum atomic E-state index is -0.156. The lowest BCUT2D eigenvalue weighted by molar-refractivity contribution is -0.121. The van der Waals surface area contributed by atoms with Gasteiger partial charge in [-0.2, -0.15) is 0 Å². The first-order valence-corrected chi connectivity index (χ1v) is 9.63. The van der Waals surface area contributed by atoms with Gasteiger partial charge in [0.1, 0.15) is 5.82 Å². The van der Waals surface area contributed by atoms with Crippen molar-refractivity contribution in [2.45, 2.75) is 26.3 Å². The van der Waals surface area contributed by atoms with E-state index in [1.807, 2.05) is 31.2 Å². The van der Waals surface area contributed by atoms with E-state index in [1.165, 1.54) is 6.07 Å². The molecule has 1 amide bonds. The molecule has 1 N–H and O–H groups in total. The molecule has 0 spiro atoms. The third kappa shape index (κ3) is 4.79. The SMILES string of the molecule is Cc1cc(I)ccc1NC(=O)C1CCN(Cc2ccccc2F)CC1. The maximum absolute atomic E-state index is 13.8. The van der Waals surface area contributed by atoms with Crippen LogP contribution in [0.2, 0.25) is 0 Å². The van der Waals surface area contributed by atoms with E-state index in [1.54, 1.807) is 6.07 Å². The van der Waals surface area contributed by atoms with Crippen LogP contribution in [0.3, 0.4) is 0 Å². The molecular weight excluding hydrogens is 430 g/mol. The Hall–Kier alpha value is -1.47. The Morgan fingerprint density at radius 3 is 2.64 bits per heavy atom. The standard InChI is InChI=1S/C20H22FIN2O/c1-14-12-17(22)6-7-19(14)23-20(25)15-8-10-24(11-9-15)13-16-4-2-3-5-18(16)21/h2-7,12,15H,8-11,13H2,1H3,(H,23,25). The van der Waals surface area contributed by atoms with Crippen molar-refractivity contribution < 1.29 is 9.18 Å². The number of aryl methyl sites for hydroxylation is 1. The summed E-state index contributed by atoms with van der Waals surface area (Å²) in [5, 5.41) is 3.06. The molecule has 1 saturated heterocycles. The van der Waals surface area contributed by atoms with Gasteiger partial charge in [-0.25, -0.2) is 4.39 Å². The van der Waals surface area contributed by atoms with Gasteiger partial charge >= 0.3 is 0 Å². The molecule has 0 bridgehead atoms. The van der Waals surface area contributed by atoms with Crippen molar-refractivity contribution in [3.63, 3.8) is 0 Å². The normalized spacial score (nSPS) is 16.0. The lowest BCUT2D eigenvalue weighted by atomic mass is 9.95. The predicted molar refractivity (Wildman–Crippen MR) is 107 cm³/mol. The number of nitrogens with one attached hydrogen (secondary N) is 1. The quantitative estimate of drug-likeness (QED) is 0.689. The molecule has 0 aliphatic carbocycles. The topological polar surface area (TPSA) is 32.3 Å². The zero-order chi connectivity index (χ0) is 17.8. The maximum atomic E-state index is 13.8.